The zero-order valence-electron chi connectivity index (χ0n) is 13.6. The first-order valence-electron chi connectivity index (χ1n) is 7.90. The van der Waals surface area contributed by atoms with Gasteiger partial charge in [-0.05, 0) is 30.2 Å². The van der Waals surface area contributed by atoms with Gasteiger partial charge in [0.25, 0.3) is 0 Å². The summed E-state index contributed by atoms with van der Waals surface area (Å²) in [5.41, 5.74) is 1.94. The molecule has 2 N–H and O–H groups in total. The van der Waals surface area contributed by atoms with E-state index in [4.69, 9.17) is 4.74 Å². The average Bonchev–Trinajstić information content (AvgIpc) is 2.62. The van der Waals surface area contributed by atoms with Gasteiger partial charge in [0.2, 0.25) is 0 Å². The van der Waals surface area contributed by atoms with E-state index in [0.717, 1.165) is 0 Å². The lowest BCUT2D eigenvalue weighted by molar-refractivity contribution is -0.138. The number of halogens is 1. The largest absolute Gasteiger partial charge is 0.463 e. The molecule has 1 aliphatic heterocycles. The summed E-state index contributed by atoms with van der Waals surface area (Å²) in [6.45, 7) is 1.91. The van der Waals surface area contributed by atoms with Crippen LogP contribution in [0.2, 0.25) is 0 Å². The summed E-state index contributed by atoms with van der Waals surface area (Å²) in [5.74, 6) is -0.933. The lowest BCUT2D eigenvalue weighted by Crippen LogP contribution is -2.45. The van der Waals surface area contributed by atoms with Gasteiger partial charge in [-0.1, -0.05) is 42.5 Å². The highest BCUT2D eigenvalue weighted by molar-refractivity contribution is 6.04. The molecule has 1 aliphatic rings. The van der Waals surface area contributed by atoms with Gasteiger partial charge in [-0.2, -0.15) is 0 Å². The van der Waals surface area contributed by atoms with Gasteiger partial charge < -0.3 is 15.4 Å². The Kier molecular flexibility index (Phi) is 4.79. The number of hydrogen-bond acceptors (Lipinski definition) is 3. The van der Waals surface area contributed by atoms with Gasteiger partial charge in [-0.15, -0.1) is 0 Å². The lowest BCUT2D eigenvalue weighted by atomic mass is 9.92. The van der Waals surface area contributed by atoms with Crippen molar-refractivity contribution in [1.82, 2.24) is 10.6 Å². The average molecular weight is 340 g/mol. The van der Waals surface area contributed by atoms with Crippen LogP contribution in [-0.4, -0.2) is 18.6 Å². The molecule has 0 radical (unpaired) electrons. The number of esters is 1. The summed E-state index contributed by atoms with van der Waals surface area (Å²) in [4.78, 5) is 24.7. The molecule has 128 valence electrons. The summed E-state index contributed by atoms with van der Waals surface area (Å²) >= 11 is 0. The molecule has 0 unspecified atom stereocenters. The molecule has 0 fully saturated rings. The molecule has 2 aromatic rings. The lowest BCUT2D eigenvalue weighted by Gasteiger charge is -2.29. The number of hydrogen-bond donors (Lipinski definition) is 2. The first kappa shape index (κ1) is 16.7. The smallest absolute Gasteiger partial charge is 0.338 e. The van der Waals surface area contributed by atoms with E-state index in [0.29, 0.717) is 16.8 Å². The SMILES string of the molecule is CCOC(=O)C1=C(c2ccccc2)NC(=O)N[C@H]1c1ccc(F)cc1. The van der Waals surface area contributed by atoms with Gasteiger partial charge in [0.1, 0.15) is 5.82 Å². The van der Waals surface area contributed by atoms with Crippen LogP contribution >= 0.6 is 0 Å². The van der Waals surface area contributed by atoms with Crippen LogP contribution in [-0.2, 0) is 9.53 Å². The van der Waals surface area contributed by atoms with Gasteiger partial charge in [0.15, 0.2) is 0 Å². The van der Waals surface area contributed by atoms with Crippen molar-refractivity contribution in [3.05, 3.63) is 77.1 Å². The summed E-state index contributed by atoms with van der Waals surface area (Å²) in [6.07, 6.45) is 0. The Balaban J connectivity index is 2.16. The molecule has 2 aromatic carbocycles. The number of amides is 2. The number of ether oxygens (including phenoxy) is 1. The van der Waals surface area contributed by atoms with E-state index < -0.39 is 23.9 Å². The molecule has 25 heavy (non-hydrogen) atoms. The molecule has 1 atom stereocenters. The van der Waals surface area contributed by atoms with Crippen LogP contribution in [0.3, 0.4) is 0 Å². The monoisotopic (exact) mass is 340 g/mol. The second-order valence-electron chi connectivity index (χ2n) is 5.46. The minimum Gasteiger partial charge on any atom is -0.463 e. The molecule has 0 bridgehead atoms. The maximum Gasteiger partial charge on any atom is 0.338 e. The normalized spacial score (nSPS) is 16.9. The molecule has 3 rings (SSSR count). The Bertz CT molecular complexity index is 816. The van der Waals surface area contributed by atoms with E-state index in [1.807, 2.05) is 18.2 Å². The predicted octanol–water partition coefficient (Wildman–Crippen LogP) is 3.15. The maximum atomic E-state index is 13.2. The highest BCUT2D eigenvalue weighted by atomic mass is 19.1. The van der Waals surface area contributed by atoms with Crippen molar-refractivity contribution in [3.8, 4) is 0 Å². The molecule has 2 amide bonds. The molecule has 0 spiro atoms. The Morgan fingerprint density at radius 3 is 2.44 bits per heavy atom. The minimum absolute atomic E-state index is 0.203. The van der Waals surface area contributed by atoms with Crippen LogP contribution in [0.4, 0.5) is 9.18 Å². The van der Waals surface area contributed by atoms with Gasteiger partial charge in [-0.3, -0.25) is 0 Å². The summed E-state index contributed by atoms with van der Waals surface area (Å²) in [5, 5.41) is 5.40. The number of benzene rings is 2. The predicted molar refractivity (Wildman–Crippen MR) is 90.8 cm³/mol. The second-order valence-corrected chi connectivity index (χ2v) is 5.46. The number of rotatable bonds is 4. The van der Waals surface area contributed by atoms with Crippen molar-refractivity contribution in [2.75, 3.05) is 6.61 Å². The van der Waals surface area contributed by atoms with Crippen molar-refractivity contribution in [2.24, 2.45) is 0 Å². The van der Waals surface area contributed by atoms with Crippen LogP contribution in [0.15, 0.2) is 60.2 Å². The molecule has 0 aromatic heterocycles. The molecular weight excluding hydrogens is 323 g/mol. The standard InChI is InChI=1S/C19H17FN2O3/c1-2-25-18(23)15-16(12-6-4-3-5-7-12)21-19(24)22-17(15)13-8-10-14(20)11-9-13/h3-11,17H,2H2,1H3,(H2,21,22,24)/t17-/m0/s1. The summed E-state index contributed by atoms with van der Waals surface area (Å²) < 4.78 is 18.4. The van der Waals surface area contributed by atoms with Crippen molar-refractivity contribution in [1.29, 1.82) is 0 Å². The number of nitrogens with one attached hydrogen (secondary N) is 2. The topological polar surface area (TPSA) is 67.4 Å². The first-order valence-corrected chi connectivity index (χ1v) is 7.90. The first-order chi connectivity index (χ1) is 12.1. The molecular formula is C19H17FN2O3. The van der Waals surface area contributed by atoms with Crippen molar-refractivity contribution >= 4 is 17.7 Å². The minimum atomic E-state index is -0.733. The number of carbonyl (C=O) groups is 2. The van der Waals surface area contributed by atoms with Gasteiger partial charge >= 0.3 is 12.0 Å². The number of carbonyl (C=O) groups excluding carboxylic acids is 2. The third-order valence-electron chi connectivity index (χ3n) is 3.83. The van der Waals surface area contributed by atoms with Crippen LogP contribution in [0.1, 0.15) is 24.1 Å². The van der Waals surface area contributed by atoms with E-state index in [2.05, 4.69) is 10.6 Å². The zero-order chi connectivity index (χ0) is 17.8. The molecule has 5 nitrogen and oxygen atoms in total. The van der Waals surface area contributed by atoms with E-state index in [-0.39, 0.29) is 12.2 Å². The Labute approximate surface area is 144 Å². The van der Waals surface area contributed by atoms with Crippen LogP contribution < -0.4 is 10.6 Å². The van der Waals surface area contributed by atoms with Gasteiger partial charge in [0, 0.05) is 0 Å². The molecule has 0 saturated carbocycles. The molecule has 6 heteroatoms. The quantitative estimate of drug-likeness (QED) is 0.840. The second kappa shape index (κ2) is 7.17. The highest BCUT2D eigenvalue weighted by Gasteiger charge is 2.34. The Morgan fingerprint density at radius 2 is 1.80 bits per heavy atom. The summed E-state index contributed by atoms with van der Waals surface area (Å²) in [7, 11) is 0. The molecule has 0 aliphatic carbocycles. The molecule has 1 heterocycles. The van der Waals surface area contributed by atoms with Crippen LogP contribution in [0.25, 0.3) is 5.70 Å². The fourth-order valence-corrected chi connectivity index (χ4v) is 2.73. The van der Waals surface area contributed by atoms with Crippen LogP contribution in [0, 0.1) is 5.82 Å². The van der Waals surface area contributed by atoms with E-state index in [1.54, 1.807) is 19.1 Å². The van der Waals surface area contributed by atoms with Gasteiger partial charge in [-0.25, -0.2) is 14.0 Å². The van der Waals surface area contributed by atoms with Gasteiger partial charge in [0.05, 0.1) is 23.9 Å². The maximum absolute atomic E-state index is 13.2. The highest BCUT2D eigenvalue weighted by Crippen LogP contribution is 2.31. The van der Waals surface area contributed by atoms with E-state index in [9.17, 15) is 14.0 Å². The van der Waals surface area contributed by atoms with E-state index in [1.165, 1.54) is 24.3 Å². The van der Waals surface area contributed by atoms with E-state index >= 15 is 0 Å². The Hall–Kier alpha value is -3.15. The summed E-state index contributed by atoms with van der Waals surface area (Å²) in [6, 6.07) is 13.5. The zero-order valence-corrected chi connectivity index (χ0v) is 13.6. The van der Waals surface area contributed by atoms with Crippen LogP contribution in [0.5, 0.6) is 0 Å². The third kappa shape index (κ3) is 3.52. The van der Waals surface area contributed by atoms with Crippen molar-refractivity contribution in [2.45, 2.75) is 13.0 Å². The fourth-order valence-electron chi connectivity index (χ4n) is 2.73. The number of urea groups is 1. The third-order valence-corrected chi connectivity index (χ3v) is 3.83. The van der Waals surface area contributed by atoms with Crippen molar-refractivity contribution in [3.63, 3.8) is 0 Å². The fraction of sp³-hybridized carbons (Fsp3) is 0.158. The molecule has 0 saturated heterocycles. The van der Waals surface area contributed by atoms with Crippen molar-refractivity contribution < 1.29 is 18.7 Å². The Morgan fingerprint density at radius 1 is 1.12 bits per heavy atom.